The minimum absolute atomic E-state index is 0.0925. The van der Waals surface area contributed by atoms with Crippen molar-refractivity contribution in [2.24, 2.45) is 0 Å². The van der Waals surface area contributed by atoms with Crippen LogP contribution in [-0.2, 0) is 4.79 Å². The molecule has 0 unspecified atom stereocenters. The van der Waals surface area contributed by atoms with Gasteiger partial charge in [0.25, 0.3) is 5.00 Å². The zero-order valence-electron chi connectivity index (χ0n) is 11.0. The Balaban J connectivity index is 2.62. The van der Waals surface area contributed by atoms with Crippen LogP contribution >= 0.6 is 23.4 Å². The Bertz CT molecular complexity index is 718. The van der Waals surface area contributed by atoms with Gasteiger partial charge in [0.15, 0.2) is 0 Å². The highest BCUT2D eigenvalue weighted by atomic mass is 35.5. The molecule has 1 aromatic rings. The maximum Gasteiger partial charge on any atom is 0.573 e. The lowest BCUT2D eigenvalue weighted by Crippen LogP contribution is -2.55. The summed E-state index contributed by atoms with van der Waals surface area (Å²) in [5.74, 6) is -2.80. The Kier molecular flexibility index (Phi) is 4.34. The van der Waals surface area contributed by atoms with Crippen molar-refractivity contribution in [1.82, 2.24) is 0 Å². The van der Waals surface area contributed by atoms with Gasteiger partial charge in [-0.15, -0.1) is 13.2 Å². The summed E-state index contributed by atoms with van der Waals surface area (Å²) in [7, 11) is 0. The monoisotopic (exact) mass is 395 g/mol. The van der Waals surface area contributed by atoms with Crippen LogP contribution in [0.15, 0.2) is 23.8 Å². The maximum atomic E-state index is 13.2. The van der Waals surface area contributed by atoms with Crippen LogP contribution in [0, 0.1) is 0 Å². The molecule has 0 fully saturated rings. The van der Waals surface area contributed by atoms with E-state index in [0.717, 1.165) is 12.1 Å². The standard InChI is InChI=1S/C12H5Cl2F6NO3/c13-10(11(15,16)17)7(9(22)23)4-5-3-6(24-12(18,19)20)1-2-8(5)21(10)14/h1-4H,(H,22,23)/t10-/m1/s1. The Morgan fingerprint density at radius 2 is 1.79 bits per heavy atom. The van der Waals surface area contributed by atoms with Crippen LogP contribution in [0.3, 0.4) is 0 Å². The summed E-state index contributed by atoms with van der Waals surface area (Å²) >= 11 is 11.0. The molecule has 1 aromatic carbocycles. The molecule has 0 bridgehead atoms. The summed E-state index contributed by atoms with van der Waals surface area (Å²) in [4.78, 5) is 7.54. The quantitative estimate of drug-likeness (QED) is 0.346. The normalized spacial score (nSPS) is 21.2. The first kappa shape index (κ1) is 18.5. The molecule has 1 N–H and O–H groups in total. The molecule has 0 aliphatic carbocycles. The number of benzene rings is 1. The van der Waals surface area contributed by atoms with Gasteiger partial charge in [-0.2, -0.15) is 13.2 Å². The summed E-state index contributed by atoms with van der Waals surface area (Å²) in [6.07, 6.45) is -9.84. The van der Waals surface area contributed by atoms with E-state index in [9.17, 15) is 31.1 Å². The molecule has 4 nitrogen and oxygen atoms in total. The fourth-order valence-corrected chi connectivity index (χ4v) is 2.58. The summed E-state index contributed by atoms with van der Waals surface area (Å²) < 4.78 is 79.9. The van der Waals surface area contributed by atoms with Crippen molar-refractivity contribution in [3.05, 3.63) is 29.3 Å². The summed E-state index contributed by atoms with van der Waals surface area (Å²) in [5, 5.41) is 8.99. The number of halogens is 8. The molecule has 0 spiro atoms. The van der Waals surface area contributed by atoms with Gasteiger partial charge in [0.1, 0.15) is 5.75 Å². The van der Waals surface area contributed by atoms with Gasteiger partial charge in [-0.05, 0) is 24.3 Å². The van der Waals surface area contributed by atoms with E-state index in [-0.39, 0.29) is 9.98 Å². The zero-order chi connectivity index (χ0) is 18.5. The highest BCUT2D eigenvalue weighted by Gasteiger charge is 2.64. The number of alkyl halides is 7. The average molecular weight is 396 g/mol. The molecule has 0 aromatic heterocycles. The van der Waals surface area contributed by atoms with E-state index in [1.54, 1.807) is 0 Å². The third-order valence-corrected chi connectivity index (χ3v) is 4.09. The zero-order valence-corrected chi connectivity index (χ0v) is 12.6. The molecule has 0 saturated heterocycles. The van der Waals surface area contributed by atoms with Crippen molar-refractivity contribution < 1.29 is 41.0 Å². The van der Waals surface area contributed by atoms with Crippen LogP contribution in [0.1, 0.15) is 5.56 Å². The molecule has 0 radical (unpaired) electrons. The van der Waals surface area contributed by atoms with Gasteiger partial charge >= 0.3 is 18.5 Å². The molecular formula is C12H5Cl2F6NO3. The van der Waals surface area contributed by atoms with Gasteiger partial charge in [0.05, 0.1) is 11.3 Å². The lowest BCUT2D eigenvalue weighted by Gasteiger charge is -2.40. The first-order chi connectivity index (χ1) is 10.8. The molecule has 1 aliphatic heterocycles. The molecule has 24 heavy (non-hydrogen) atoms. The minimum atomic E-state index is -5.29. The predicted molar refractivity (Wildman–Crippen MR) is 71.7 cm³/mol. The third-order valence-electron chi connectivity index (χ3n) is 2.98. The van der Waals surface area contributed by atoms with Crippen molar-refractivity contribution in [2.45, 2.75) is 17.5 Å². The summed E-state index contributed by atoms with van der Waals surface area (Å²) in [6.45, 7) is 0. The van der Waals surface area contributed by atoms with Crippen molar-refractivity contribution in [3.8, 4) is 5.75 Å². The van der Waals surface area contributed by atoms with Crippen LogP contribution in [0.5, 0.6) is 5.75 Å². The van der Waals surface area contributed by atoms with Gasteiger partial charge in [0, 0.05) is 17.3 Å². The molecule has 0 saturated carbocycles. The van der Waals surface area contributed by atoms with E-state index in [4.69, 9.17) is 28.5 Å². The second-order valence-corrected chi connectivity index (χ2v) is 5.42. The van der Waals surface area contributed by atoms with Gasteiger partial charge < -0.3 is 9.84 Å². The highest BCUT2D eigenvalue weighted by molar-refractivity contribution is 6.40. The van der Waals surface area contributed by atoms with Gasteiger partial charge in [-0.3, -0.25) is 4.42 Å². The Morgan fingerprint density at radius 3 is 2.25 bits per heavy atom. The molecule has 132 valence electrons. The number of fused-ring (bicyclic) bond motifs is 1. The molecule has 1 atom stereocenters. The van der Waals surface area contributed by atoms with Crippen LogP contribution in [0.25, 0.3) is 6.08 Å². The van der Waals surface area contributed by atoms with Gasteiger partial charge in [-0.25, -0.2) is 4.79 Å². The maximum absolute atomic E-state index is 13.2. The van der Waals surface area contributed by atoms with E-state index in [0.29, 0.717) is 12.1 Å². The van der Waals surface area contributed by atoms with Gasteiger partial charge in [0.2, 0.25) is 0 Å². The Morgan fingerprint density at radius 1 is 1.21 bits per heavy atom. The van der Waals surface area contributed by atoms with E-state index < -0.39 is 40.5 Å². The number of ether oxygens (including phenoxy) is 1. The largest absolute Gasteiger partial charge is 0.573 e. The fraction of sp³-hybridized carbons (Fsp3) is 0.250. The van der Waals surface area contributed by atoms with Crippen LogP contribution in [0.4, 0.5) is 32.0 Å². The predicted octanol–water partition coefficient (Wildman–Crippen LogP) is 4.52. The Hall–Kier alpha value is -1.81. The molecule has 12 heteroatoms. The van der Waals surface area contributed by atoms with Crippen molar-refractivity contribution in [1.29, 1.82) is 0 Å². The molecule has 2 rings (SSSR count). The minimum Gasteiger partial charge on any atom is -0.478 e. The summed E-state index contributed by atoms with van der Waals surface area (Å²) in [6, 6.07) is 2.20. The number of carbonyl (C=O) groups is 1. The van der Waals surface area contributed by atoms with Crippen molar-refractivity contribution >= 4 is 41.1 Å². The number of carboxylic acids is 1. The Labute approximate surface area is 139 Å². The number of aliphatic carboxylic acids is 1. The van der Waals surface area contributed by atoms with Crippen LogP contribution in [-0.4, -0.2) is 28.6 Å². The second-order valence-electron chi connectivity index (χ2n) is 4.53. The third kappa shape index (κ3) is 3.07. The second kappa shape index (κ2) is 5.62. The first-order valence-corrected chi connectivity index (χ1v) is 6.56. The van der Waals surface area contributed by atoms with E-state index in [1.165, 1.54) is 0 Å². The van der Waals surface area contributed by atoms with Crippen molar-refractivity contribution in [2.75, 3.05) is 4.42 Å². The topological polar surface area (TPSA) is 49.8 Å². The lowest BCUT2D eigenvalue weighted by atomic mass is 9.96. The SMILES string of the molecule is O=C(O)C1=Cc2cc(OC(F)(F)F)ccc2N(Cl)[C@@]1(Cl)C(F)(F)F. The number of carboxylic acid groups (broad SMARTS) is 1. The number of anilines is 1. The smallest absolute Gasteiger partial charge is 0.478 e. The fourth-order valence-electron chi connectivity index (χ4n) is 2.01. The lowest BCUT2D eigenvalue weighted by molar-refractivity contribution is -0.274. The summed E-state index contributed by atoms with van der Waals surface area (Å²) in [5.41, 5.74) is -2.16. The van der Waals surface area contributed by atoms with Crippen LogP contribution < -0.4 is 9.16 Å². The van der Waals surface area contributed by atoms with Crippen LogP contribution in [0.2, 0.25) is 0 Å². The first-order valence-electron chi connectivity index (χ1n) is 5.84. The number of rotatable bonds is 2. The van der Waals surface area contributed by atoms with E-state index >= 15 is 0 Å². The molecular weight excluding hydrogens is 391 g/mol. The van der Waals surface area contributed by atoms with Crippen molar-refractivity contribution in [3.63, 3.8) is 0 Å². The van der Waals surface area contributed by atoms with Gasteiger partial charge in [-0.1, -0.05) is 11.6 Å². The average Bonchev–Trinajstić information content (AvgIpc) is 2.39. The molecule has 1 aliphatic rings. The molecule has 1 heterocycles. The van der Waals surface area contributed by atoms with E-state index in [2.05, 4.69) is 4.74 Å². The number of nitrogens with zero attached hydrogens (tertiary/aromatic N) is 1. The number of hydrogen-bond donors (Lipinski definition) is 1. The van der Waals surface area contributed by atoms with E-state index in [1.807, 2.05) is 0 Å². The molecule has 0 amide bonds. The highest BCUT2D eigenvalue weighted by Crippen LogP contribution is 2.52. The number of hydrogen-bond acceptors (Lipinski definition) is 3.